The lowest BCUT2D eigenvalue weighted by Crippen LogP contribution is -2.25. The van der Waals surface area contributed by atoms with Gasteiger partial charge in [0.1, 0.15) is 11.6 Å². The van der Waals surface area contributed by atoms with Gasteiger partial charge in [-0.3, -0.25) is 4.79 Å². The van der Waals surface area contributed by atoms with Crippen molar-refractivity contribution in [2.45, 2.75) is 31.7 Å². The standard InChI is InChI=1S/C22H20FN3O2S/c23-15-6-8-16(9-7-15)24-22-26(17-3-1-2-4-17)19(13-29-22)14-5-10-20-18(11-14)25-21(27)12-28-20/h5-11,13,17H,1-4,12H2,(H,25,27). The lowest BCUT2D eigenvalue weighted by atomic mass is 10.1. The van der Waals surface area contributed by atoms with Crippen molar-refractivity contribution >= 4 is 28.6 Å². The average Bonchev–Trinajstić information content (AvgIpc) is 3.39. The van der Waals surface area contributed by atoms with Gasteiger partial charge in [-0.1, -0.05) is 12.8 Å². The van der Waals surface area contributed by atoms with Crippen LogP contribution in [-0.2, 0) is 4.79 Å². The van der Waals surface area contributed by atoms with Crippen LogP contribution >= 0.6 is 11.3 Å². The lowest BCUT2D eigenvalue weighted by molar-refractivity contribution is -0.118. The van der Waals surface area contributed by atoms with Crippen LogP contribution in [0.5, 0.6) is 5.75 Å². The highest BCUT2D eigenvalue weighted by Crippen LogP contribution is 2.37. The molecule has 0 spiro atoms. The summed E-state index contributed by atoms with van der Waals surface area (Å²) in [7, 11) is 0. The van der Waals surface area contributed by atoms with E-state index in [1.165, 1.54) is 25.0 Å². The molecule has 1 amide bonds. The summed E-state index contributed by atoms with van der Waals surface area (Å²) in [4.78, 5) is 17.4. The molecule has 2 heterocycles. The third-order valence-corrected chi connectivity index (χ3v) is 6.23. The Morgan fingerprint density at radius 2 is 1.93 bits per heavy atom. The van der Waals surface area contributed by atoms with Crippen molar-refractivity contribution in [1.29, 1.82) is 0 Å². The third-order valence-electron chi connectivity index (χ3n) is 5.39. The van der Waals surface area contributed by atoms with Crippen LogP contribution < -0.4 is 14.9 Å². The summed E-state index contributed by atoms with van der Waals surface area (Å²) in [5, 5.41) is 4.99. The summed E-state index contributed by atoms with van der Waals surface area (Å²) in [6.45, 7) is 0.0492. The minimum atomic E-state index is -0.266. The van der Waals surface area contributed by atoms with Gasteiger partial charge in [-0.25, -0.2) is 9.38 Å². The van der Waals surface area contributed by atoms with Crippen LogP contribution in [0.25, 0.3) is 11.3 Å². The fourth-order valence-electron chi connectivity index (χ4n) is 4.00. The number of hydrogen-bond donors (Lipinski definition) is 1. The Labute approximate surface area is 171 Å². The highest BCUT2D eigenvalue weighted by Gasteiger charge is 2.23. The van der Waals surface area contributed by atoms with Gasteiger partial charge >= 0.3 is 0 Å². The van der Waals surface area contributed by atoms with E-state index < -0.39 is 0 Å². The van der Waals surface area contributed by atoms with Crippen molar-refractivity contribution in [3.63, 3.8) is 0 Å². The van der Waals surface area contributed by atoms with Gasteiger partial charge in [0.25, 0.3) is 5.91 Å². The Morgan fingerprint density at radius 1 is 1.14 bits per heavy atom. The number of thiazole rings is 1. The second-order valence-corrected chi connectivity index (χ2v) is 8.18. The first-order valence-electron chi connectivity index (χ1n) is 9.75. The molecule has 1 saturated carbocycles. The topological polar surface area (TPSA) is 55.6 Å². The Balaban J connectivity index is 1.62. The summed E-state index contributed by atoms with van der Waals surface area (Å²) in [5.74, 6) is 0.278. The molecule has 5 nitrogen and oxygen atoms in total. The number of aromatic nitrogens is 1. The fourth-order valence-corrected chi connectivity index (χ4v) is 4.98. The summed E-state index contributed by atoms with van der Waals surface area (Å²) in [6.07, 6.45) is 4.64. The number of benzene rings is 2. The number of anilines is 1. The van der Waals surface area contributed by atoms with E-state index in [-0.39, 0.29) is 18.3 Å². The number of rotatable bonds is 3. The first-order valence-corrected chi connectivity index (χ1v) is 10.6. The Morgan fingerprint density at radius 3 is 2.72 bits per heavy atom. The molecular formula is C22H20FN3O2S. The van der Waals surface area contributed by atoms with Crippen LogP contribution in [0, 0.1) is 5.82 Å². The number of hydrogen-bond acceptors (Lipinski definition) is 4. The van der Waals surface area contributed by atoms with Crippen LogP contribution in [0.2, 0.25) is 0 Å². The van der Waals surface area contributed by atoms with E-state index in [4.69, 9.17) is 9.73 Å². The largest absolute Gasteiger partial charge is 0.482 e. The molecule has 0 atom stereocenters. The van der Waals surface area contributed by atoms with Gasteiger partial charge in [-0.05, 0) is 55.3 Å². The molecular weight excluding hydrogens is 389 g/mol. The van der Waals surface area contributed by atoms with E-state index in [2.05, 4.69) is 15.3 Å². The molecule has 1 aliphatic heterocycles. The Bertz CT molecular complexity index is 1130. The van der Waals surface area contributed by atoms with E-state index >= 15 is 0 Å². The first-order chi connectivity index (χ1) is 14.2. The molecule has 0 radical (unpaired) electrons. The van der Waals surface area contributed by atoms with Crippen LogP contribution in [0.15, 0.2) is 52.8 Å². The van der Waals surface area contributed by atoms with Crippen molar-refractivity contribution in [3.05, 3.63) is 58.5 Å². The molecule has 148 valence electrons. The van der Waals surface area contributed by atoms with Gasteiger partial charge in [0.05, 0.1) is 17.1 Å². The summed E-state index contributed by atoms with van der Waals surface area (Å²) in [6, 6.07) is 12.5. The van der Waals surface area contributed by atoms with Gasteiger partial charge in [0.15, 0.2) is 11.4 Å². The van der Waals surface area contributed by atoms with Gasteiger partial charge < -0.3 is 14.6 Å². The number of carbonyl (C=O) groups excluding carboxylic acids is 1. The summed E-state index contributed by atoms with van der Waals surface area (Å²) in [5.41, 5.74) is 3.52. The molecule has 7 heteroatoms. The van der Waals surface area contributed by atoms with Crippen molar-refractivity contribution in [1.82, 2.24) is 4.57 Å². The van der Waals surface area contributed by atoms with Gasteiger partial charge in [0, 0.05) is 17.0 Å². The predicted octanol–water partition coefficient (Wildman–Crippen LogP) is 5.03. The maximum atomic E-state index is 13.3. The van der Waals surface area contributed by atoms with Crippen molar-refractivity contribution in [2.75, 3.05) is 11.9 Å². The average molecular weight is 409 g/mol. The fraction of sp³-hybridized carbons (Fsp3) is 0.273. The molecule has 0 bridgehead atoms. The quantitative estimate of drug-likeness (QED) is 0.659. The van der Waals surface area contributed by atoms with Crippen molar-refractivity contribution < 1.29 is 13.9 Å². The molecule has 5 rings (SSSR count). The molecule has 2 aliphatic rings. The Hall–Kier alpha value is -2.93. The zero-order valence-corrected chi connectivity index (χ0v) is 16.5. The third kappa shape index (κ3) is 3.58. The second-order valence-electron chi connectivity index (χ2n) is 7.35. The van der Waals surface area contributed by atoms with Crippen molar-refractivity contribution in [2.24, 2.45) is 4.99 Å². The van der Waals surface area contributed by atoms with Crippen molar-refractivity contribution in [3.8, 4) is 17.0 Å². The van der Waals surface area contributed by atoms with E-state index in [1.807, 2.05) is 18.2 Å². The highest BCUT2D eigenvalue weighted by molar-refractivity contribution is 7.07. The van der Waals surface area contributed by atoms with Crippen LogP contribution in [-0.4, -0.2) is 17.1 Å². The molecule has 29 heavy (non-hydrogen) atoms. The first kappa shape index (κ1) is 18.1. The number of nitrogens with one attached hydrogen (secondary N) is 1. The molecule has 1 N–H and O–H groups in total. The smallest absolute Gasteiger partial charge is 0.262 e. The molecule has 1 aromatic heterocycles. The molecule has 0 saturated heterocycles. The van der Waals surface area contributed by atoms with Crippen LogP contribution in [0.1, 0.15) is 31.7 Å². The SMILES string of the molecule is O=C1COc2ccc(-c3csc(=Nc4ccc(F)cc4)n3C3CCCC3)cc2N1. The zero-order chi connectivity index (χ0) is 19.8. The maximum absolute atomic E-state index is 13.3. The second kappa shape index (κ2) is 7.48. The zero-order valence-electron chi connectivity index (χ0n) is 15.7. The monoisotopic (exact) mass is 409 g/mol. The van der Waals surface area contributed by atoms with Crippen LogP contribution in [0.3, 0.4) is 0 Å². The number of ether oxygens (including phenoxy) is 1. The lowest BCUT2D eigenvalue weighted by Gasteiger charge is -2.20. The normalized spacial score (nSPS) is 17.1. The van der Waals surface area contributed by atoms with E-state index in [0.717, 1.165) is 34.6 Å². The number of amides is 1. The number of fused-ring (bicyclic) bond motifs is 1. The molecule has 3 aromatic rings. The minimum absolute atomic E-state index is 0.0492. The summed E-state index contributed by atoms with van der Waals surface area (Å²) < 4.78 is 21.0. The van der Waals surface area contributed by atoms with Crippen LogP contribution in [0.4, 0.5) is 15.8 Å². The number of carbonyl (C=O) groups is 1. The predicted molar refractivity (Wildman–Crippen MR) is 111 cm³/mol. The van der Waals surface area contributed by atoms with Gasteiger partial charge in [-0.15, -0.1) is 11.3 Å². The Kier molecular flexibility index (Phi) is 4.67. The number of nitrogens with zero attached hydrogens (tertiary/aromatic N) is 2. The highest BCUT2D eigenvalue weighted by atomic mass is 32.1. The molecule has 2 aromatic carbocycles. The molecule has 1 aliphatic carbocycles. The maximum Gasteiger partial charge on any atom is 0.262 e. The van der Waals surface area contributed by atoms with E-state index in [1.54, 1.807) is 23.5 Å². The molecule has 1 fully saturated rings. The summed E-state index contributed by atoms with van der Waals surface area (Å²) >= 11 is 1.58. The van der Waals surface area contributed by atoms with E-state index in [0.29, 0.717) is 17.5 Å². The minimum Gasteiger partial charge on any atom is -0.482 e. The van der Waals surface area contributed by atoms with Gasteiger partial charge in [0.2, 0.25) is 0 Å². The van der Waals surface area contributed by atoms with Gasteiger partial charge in [-0.2, -0.15) is 0 Å². The molecule has 0 unspecified atom stereocenters. The van der Waals surface area contributed by atoms with E-state index in [9.17, 15) is 9.18 Å². The number of halogens is 1.